The smallest absolute Gasteiger partial charge is 0.131 e. The van der Waals surface area contributed by atoms with E-state index in [0.717, 1.165) is 23.0 Å². The molecule has 2 rings (SSSR count). The minimum absolute atomic E-state index is 0.476. The number of rotatable bonds is 3. The average molecular weight is 234 g/mol. The van der Waals surface area contributed by atoms with E-state index in [1.807, 2.05) is 6.92 Å². The first-order valence-electron chi connectivity index (χ1n) is 6.63. The molecule has 3 nitrogen and oxygen atoms in total. The van der Waals surface area contributed by atoms with Crippen LogP contribution in [0.15, 0.2) is 6.20 Å². The van der Waals surface area contributed by atoms with Crippen molar-refractivity contribution in [3.05, 3.63) is 23.3 Å². The Labute approximate surface area is 103 Å². The van der Waals surface area contributed by atoms with Gasteiger partial charge in [-0.3, -0.25) is 0 Å². The molecule has 3 heteroatoms. The second kappa shape index (κ2) is 5.13. The molecule has 94 valence electrons. The number of aromatic nitrogens is 2. The number of hydrogen-bond acceptors (Lipinski definition) is 3. The van der Waals surface area contributed by atoms with Crippen molar-refractivity contribution in [2.24, 2.45) is 5.92 Å². The number of nitrogens with zero attached hydrogens (tertiary/aromatic N) is 2. The van der Waals surface area contributed by atoms with Crippen LogP contribution in [0.3, 0.4) is 0 Å². The van der Waals surface area contributed by atoms with Crippen molar-refractivity contribution in [3.63, 3.8) is 0 Å². The molecule has 0 radical (unpaired) electrons. The molecular weight excluding hydrogens is 212 g/mol. The van der Waals surface area contributed by atoms with E-state index >= 15 is 0 Å². The SMILES string of the molecule is CCC1CCC(c2ncc([C@H](C)O)c(C)n2)C1. The first kappa shape index (κ1) is 12.5. The van der Waals surface area contributed by atoms with Gasteiger partial charge in [0.05, 0.1) is 6.10 Å². The zero-order valence-corrected chi connectivity index (χ0v) is 11.0. The van der Waals surface area contributed by atoms with Crippen molar-refractivity contribution in [1.82, 2.24) is 9.97 Å². The van der Waals surface area contributed by atoms with Gasteiger partial charge < -0.3 is 5.11 Å². The van der Waals surface area contributed by atoms with E-state index < -0.39 is 6.10 Å². The summed E-state index contributed by atoms with van der Waals surface area (Å²) in [6, 6.07) is 0. The quantitative estimate of drug-likeness (QED) is 0.874. The fourth-order valence-corrected chi connectivity index (χ4v) is 2.78. The maximum atomic E-state index is 9.56. The lowest BCUT2D eigenvalue weighted by atomic mass is 10.0. The lowest BCUT2D eigenvalue weighted by Gasteiger charge is -2.13. The molecule has 1 N–H and O–H groups in total. The number of aryl methyl sites for hydroxylation is 1. The Balaban J connectivity index is 2.15. The third-order valence-electron chi connectivity index (χ3n) is 3.97. The molecule has 2 unspecified atom stereocenters. The van der Waals surface area contributed by atoms with Gasteiger partial charge in [-0.1, -0.05) is 13.3 Å². The fraction of sp³-hybridized carbons (Fsp3) is 0.714. The normalized spacial score (nSPS) is 26.1. The van der Waals surface area contributed by atoms with E-state index in [1.54, 1.807) is 13.1 Å². The van der Waals surface area contributed by atoms with Crippen LogP contribution in [0.2, 0.25) is 0 Å². The predicted octanol–water partition coefficient (Wildman–Crippen LogP) is 3.13. The standard InChI is InChI=1S/C14H22N2O/c1-4-11-5-6-12(7-11)14-15-8-13(10(3)17)9(2)16-14/h8,10-12,17H,4-7H2,1-3H3/t10-,11?,12?/m0/s1. The Morgan fingerprint density at radius 2 is 2.24 bits per heavy atom. The molecule has 0 aromatic carbocycles. The molecule has 1 heterocycles. The molecule has 1 aromatic heterocycles. The molecule has 1 saturated carbocycles. The summed E-state index contributed by atoms with van der Waals surface area (Å²) in [5.74, 6) is 2.35. The average Bonchev–Trinajstić information content (AvgIpc) is 2.76. The summed E-state index contributed by atoms with van der Waals surface area (Å²) in [7, 11) is 0. The van der Waals surface area contributed by atoms with Crippen LogP contribution in [-0.2, 0) is 0 Å². The first-order valence-corrected chi connectivity index (χ1v) is 6.63. The van der Waals surface area contributed by atoms with Gasteiger partial charge in [-0.05, 0) is 39.0 Å². The number of aliphatic hydroxyl groups excluding tert-OH is 1. The summed E-state index contributed by atoms with van der Waals surface area (Å²) in [5, 5.41) is 9.56. The Morgan fingerprint density at radius 3 is 2.76 bits per heavy atom. The van der Waals surface area contributed by atoms with Crippen LogP contribution in [0.5, 0.6) is 0 Å². The number of hydrogen-bond donors (Lipinski definition) is 1. The van der Waals surface area contributed by atoms with Gasteiger partial charge in [-0.15, -0.1) is 0 Å². The van der Waals surface area contributed by atoms with Crippen molar-refractivity contribution in [3.8, 4) is 0 Å². The van der Waals surface area contributed by atoms with E-state index in [1.165, 1.54) is 25.7 Å². The van der Waals surface area contributed by atoms with Gasteiger partial charge in [-0.25, -0.2) is 9.97 Å². The maximum absolute atomic E-state index is 9.56. The molecule has 0 amide bonds. The highest BCUT2D eigenvalue weighted by atomic mass is 16.3. The van der Waals surface area contributed by atoms with Crippen LogP contribution in [0.25, 0.3) is 0 Å². The minimum atomic E-state index is -0.476. The summed E-state index contributed by atoms with van der Waals surface area (Å²) in [6.45, 7) is 5.98. The Bertz CT molecular complexity index is 390. The van der Waals surface area contributed by atoms with Crippen LogP contribution in [0, 0.1) is 12.8 Å². The highest BCUT2D eigenvalue weighted by molar-refractivity contribution is 5.19. The summed E-state index contributed by atoms with van der Waals surface area (Å²) in [5.41, 5.74) is 1.77. The molecule has 3 atom stereocenters. The molecule has 0 spiro atoms. The summed E-state index contributed by atoms with van der Waals surface area (Å²) < 4.78 is 0. The van der Waals surface area contributed by atoms with Gasteiger partial charge >= 0.3 is 0 Å². The monoisotopic (exact) mass is 234 g/mol. The van der Waals surface area contributed by atoms with Gasteiger partial charge in [0.1, 0.15) is 5.82 Å². The van der Waals surface area contributed by atoms with Crippen LogP contribution < -0.4 is 0 Å². The van der Waals surface area contributed by atoms with Crippen LogP contribution in [0.4, 0.5) is 0 Å². The highest BCUT2D eigenvalue weighted by Crippen LogP contribution is 2.38. The van der Waals surface area contributed by atoms with Crippen molar-refractivity contribution < 1.29 is 5.11 Å². The number of aliphatic hydroxyl groups is 1. The highest BCUT2D eigenvalue weighted by Gasteiger charge is 2.27. The van der Waals surface area contributed by atoms with Crippen LogP contribution in [-0.4, -0.2) is 15.1 Å². The molecular formula is C14H22N2O. The Hall–Kier alpha value is -0.960. The molecule has 1 aliphatic carbocycles. The molecule has 0 bridgehead atoms. The van der Waals surface area contributed by atoms with Crippen molar-refractivity contribution in [2.75, 3.05) is 0 Å². The minimum Gasteiger partial charge on any atom is -0.389 e. The van der Waals surface area contributed by atoms with E-state index in [9.17, 15) is 5.11 Å². The fourth-order valence-electron chi connectivity index (χ4n) is 2.78. The summed E-state index contributed by atoms with van der Waals surface area (Å²) in [4.78, 5) is 9.01. The molecule has 0 saturated heterocycles. The maximum Gasteiger partial charge on any atom is 0.131 e. The third kappa shape index (κ3) is 2.65. The molecule has 1 aromatic rings. The van der Waals surface area contributed by atoms with Crippen molar-refractivity contribution in [2.45, 2.75) is 58.5 Å². The Morgan fingerprint density at radius 1 is 1.47 bits per heavy atom. The molecule has 17 heavy (non-hydrogen) atoms. The lowest BCUT2D eigenvalue weighted by Crippen LogP contribution is -2.06. The molecule has 1 fully saturated rings. The van der Waals surface area contributed by atoms with Gasteiger partial charge in [0.25, 0.3) is 0 Å². The zero-order valence-electron chi connectivity index (χ0n) is 11.0. The van der Waals surface area contributed by atoms with Crippen molar-refractivity contribution >= 4 is 0 Å². The van der Waals surface area contributed by atoms with Gasteiger partial charge in [0.15, 0.2) is 0 Å². The summed E-state index contributed by atoms with van der Waals surface area (Å²) in [6.07, 6.45) is 6.33. The van der Waals surface area contributed by atoms with E-state index in [0.29, 0.717) is 5.92 Å². The van der Waals surface area contributed by atoms with Gasteiger partial charge in [-0.2, -0.15) is 0 Å². The second-order valence-electron chi connectivity index (χ2n) is 5.23. The second-order valence-corrected chi connectivity index (χ2v) is 5.23. The van der Waals surface area contributed by atoms with E-state index in [4.69, 9.17) is 0 Å². The van der Waals surface area contributed by atoms with Crippen molar-refractivity contribution in [1.29, 1.82) is 0 Å². The summed E-state index contributed by atoms with van der Waals surface area (Å²) >= 11 is 0. The molecule has 0 aliphatic heterocycles. The molecule has 1 aliphatic rings. The lowest BCUT2D eigenvalue weighted by molar-refractivity contribution is 0.197. The topological polar surface area (TPSA) is 46.0 Å². The largest absolute Gasteiger partial charge is 0.389 e. The van der Waals surface area contributed by atoms with Gasteiger partial charge in [0, 0.05) is 23.4 Å². The van der Waals surface area contributed by atoms with Crippen LogP contribution in [0.1, 0.15) is 68.6 Å². The van der Waals surface area contributed by atoms with E-state index in [2.05, 4.69) is 16.9 Å². The Kier molecular flexibility index (Phi) is 3.77. The zero-order chi connectivity index (χ0) is 12.4. The third-order valence-corrected chi connectivity index (χ3v) is 3.97. The predicted molar refractivity (Wildman–Crippen MR) is 67.8 cm³/mol. The van der Waals surface area contributed by atoms with Crippen LogP contribution >= 0.6 is 0 Å². The van der Waals surface area contributed by atoms with E-state index in [-0.39, 0.29) is 0 Å². The first-order chi connectivity index (χ1) is 8.11. The van der Waals surface area contributed by atoms with Gasteiger partial charge in [0.2, 0.25) is 0 Å².